The highest BCUT2D eigenvalue weighted by atomic mass is 32.2. The Kier molecular flexibility index (Phi) is 5.29. The van der Waals surface area contributed by atoms with Crippen LogP contribution in [0.3, 0.4) is 0 Å². The first-order chi connectivity index (χ1) is 12.7. The number of anilines is 1. The topological polar surface area (TPSA) is 61.8 Å². The molecule has 26 heavy (non-hydrogen) atoms. The lowest BCUT2D eigenvalue weighted by Gasteiger charge is -2.19. The molecule has 3 aliphatic rings. The van der Waals surface area contributed by atoms with E-state index in [2.05, 4.69) is 16.4 Å². The van der Waals surface area contributed by atoms with Crippen LogP contribution >= 0.6 is 11.8 Å². The first-order valence-electron chi connectivity index (χ1n) is 9.65. The van der Waals surface area contributed by atoms with Crippen LogP contribution < -0.4 is 10.2 Å². The highest BCUT2D eigenvalue weighted by Gasteiger charge is 2.34. The van der Waals surface area contributed by atoms with Crippen molar-refractivity contribution in [1.82, 2.24) is 5.32 Å². The molecule has 2 heterocycles. The second-order valence-corrected chi connectivity index (χ2v) is 8.51. The SMILES string of the molecule is O=C1N=C(NC2CCCCCC2)SC1CC(=O)N1CCc2ccccc21. The normalized spacial score (nSPS) is 23.5. The molecule has 138 valence electrons. The molecule has 1 fully saturated rings. The smallest absolute Gasteiger partial charge is 0.262 e. The van der Waals surface area contributed by atoms with Crippen molar-refractivity contribution in [1.29, 1.82) is 0 Å². The van der Waals surface area contributed by atoms with Crippen molar-refractivity contribution in [2.45, 2.75) is 62.7 Å². The third kappa shape index (κ3) is 3.80. The van der Waals surface area contributed by atoms with Gasteiger partial charge in [0.15, 0.2) is 5.17 Å². The van der Waals surface area contributed by atoms with Gasteiger partial charge >= 0.3 is 0 Å². The van der Waals surface area contributed by atoms with Crippen molar-refractivity contribution < 1.29 is 9.59 Å². The van der Waals surface area contributed by atoms with Gasteiger partial charge in [-0.15, -0.1) is 0 Å². The number of hydrogen-bond acceptors (Lipinski definition) is 4. The van der Waals surface area contributed by atoms with Crippen LogP contribution in [-0.4, -0.2) is 34.8 Å². The van der Waals surface area contributed by atoms with Crippen LogP contribution in [0.4, 0.5) is 5.69 Å². The molecule has 1 aromatic carbocycles. The molecule has 1 atom stereocenters. The van der Waals surface area contributed by atoms with E-state index in [0.29, 0.717) is 17.8 Å². The zero-order chi connectivity index (χ0) is 17.9. The van der Waals surface area contributed by atoms with E-state index in [4.69, 9.17) is 0 Å². The van der Waals surface area contributed by atoms with Gasteiger partial charge in [-0.05, 0) is 30.9 Å². The Morgan fingerprint density at radius 1 is 1.19 bits per heavy atom. The Morgan fingerprint density at radius 3 is 2.77 bits per heavy atom. The first kappa shape index (κ1) is 17.6. The van der Waals surface area contributed by atoms with Gasteiger partial charge in [-0.3, -0.25) is 9.59 Å². The van der Waals surface area contributed by atoms with Gasteiger partial charge in [0.2, 0.25) is 5.91 Å². The van der Waals surface area contributed by atoms with Gasteiger partial charge in [-0.2, -0.15) is 4.99 Å². The molecule has 1 unspecified atom stereocenters. The number of carbonyl (C=O) groups is 2. The van der Waals surface area contributed by atoms with Gasteiger partial charge < -0.3 is 10.2 Å². The molecular formula is C20H25N3O2S. The number of benzene rings is 1. The number of amides is 2. The second-order valence-electron chi connectivity index (χ2n) is 7.32. The minimum absolute atomic E-state index is 0.0201. The lowest BCUT2D eigenvalue weighted by molar-refractivity contribution is -0.122. The molecule has 2 amide bonds. The molecule has 0 aromatic heterocycles. The number of amidine groups is 1. The molecule has 0 spiro atoms. The van der Waals surface area contributed by atoms with Crippen molar-refractivity contribution >= 4 is 34.4 Å². The molecule has 5 nitrogen and oxygen atoms in total. The van der Waals surface area contributed by atoms with Crippen LogP contribution in [0, 0.1) is 0 Å². The second kappa shape index (κ2) is 7.82. The van der Waals surface area contributed by atoms with Gasteiger partial charge in [0.05, 0.1) is 0 Å². The highest BCUT2D eigenvalue weighted by Crippen LogP contribution is 2.31. The van der Waals surface area contributed by atoms with Crippen molar-refractivity contribution in [3.8, 4) is 0 Å². The van der Waals surface area contributed by atoms with Gasteiger partial charge in [-0.1, -0.05) is 55.6 Å². The molecule has 1 aliphatic carbocycles. The third-order valence-corrected chi connectivity index (χ3v) is 6.56. The van der Waals surface area contributed by atoms with Crippen molar-refractivity contribution in [3.05, 3.63) is 29.8 Å². The Labute approximate surface area is 158 Å². The quantitative estimate of drug-likeness (QED) is 0.829. The summed E-state index contributed by atoms with van der Waals surface area (Å²) < 4.78 is 0. The standard InChI is InChI=1S/C20H25N3O2S/c24-18(23-12-11-14-7-5-6-10-16(14)23)13-17-19(25)22-20(26-17)21-15-8-3-1-2-4-9-15/h5-7,10,15,17H,1-4,8-9,11-13H2,(H,21,22,25). The minimum atomic E-state index is -0.386. The summed E-state index contributed by atoms with van der Waals surface area (Å²) in [4.78, 5) is 31.0. The number of aliphatic imine (C=N–C) groups is 1. The van der Waals surface area contributed by atoms with E-state index in [1.54, 1.807) is 0 Å². The zero-order valence-electron chi connectivity index (χ0n) is 14.9. The van der Waals surface area contributed by atoms with Crippen molar-refractivity contribution in [2.75, 3.05) is 11.4 Å². The molecule has 2 aliphatic heterocycles. The van der Waals surface area contributed by atoms with E-state index in [-0.39, 0.29) is 23.5 Å². The van der Waals surface area contributed by atoms with Crippen LogP contribution in [0.25, 0.3) is 0 Å². The van der Waals surface area contributed by atoms with Crippen molar-refractivity contribution in [3.63, 3.8) is 0 Å². The fraction of sp³-hybridized carbons (Fsp3) is 0.550. The average Bonchev–Trinajstić information content (AvgIpc) is 3.10. The number of hydrogen-bond donors (Lipinski definition) is 1. The third-order valence-electron chi connectivity index (χ3n) is 5.47. The number of thioether (sulfide) groups is 1. The van der Waals surface area contributed by atoms with Crippen LogP contribution in [0.2, 0.25) is 0 Å². The predicted molar refractivity (Wildman–Crippen MR) is 106 cm³/mol. The summed E-state index contributed by atoms with van der Waals surface area (Å²) in [6.07, 6.45) is 8.45. The molecule has 1 N–H and O–H groups in total. The van der Waals surface area contributed by atoms with Crippen molar-refractivity contribution in [2.24, 2.45) is 4.99 Å². The van der Waals surface area contributed by atoms with Crippen LogP contribution in [0.1, 0.15) is 50.5 Å². The Balaban J connectivity index is 1.33. The minimum Gasteiger partial charge on any atom is -0.362 e. The maximum Gasteiger partial charge on any atom is 0.262 e. The van der Waals surface area contributed by atoms with Crippen LogP contribution in [0.5, 0.6) is 0 Å². The highest BCUT2D eigenvalue weighted by molar-refractivity contribution is 8.15. The Bertz CT molecular complexity index is 726. The maximum atomic E-state index is 12.7. The predicted octanol–water partition coefficient (Wildman–Crippen LogP) is 3.28. The van der Waals surface area contributed by atoms with E-state index in [0.717, 1.165) is 24.9 Å². The van der Waals surface area contributed by atoms with E-state index in [1.807, 2.05) is 23.1 Å². The number of nitrogens with zero attached hydrogens (tertiary/aromatic N) is 2. The van der Waals surface area contributed by atoms with Gasteiger partial charge in [-0.25, -0.2) is 0 Å². The van der Waals surface area contributed by atoms with E-state index in [9.17, 15) is 9.59 Å². The fourth-order valence-electron chi connectivity index (χ4n) is 4.04. The number of fused-ring (bicyclic) bond motifs is 1. The molecule has 4 rings (SSSR count). The summed E-state index contributed by atoms with van der Waals surface area (Å²) >= 11 is 1.43. The van der Waals surface area contributed by atoms with Gasteiger partial charge in [0.1, 0.15) is 5.25 Å². The molecular weight excluding hydrogens is 346 g/mol. The summed E-state index contributed by atoms with van der Waals surface area (Å²) in [7, 11) is 0. The lowest BCUT2D eigenvalue weighted by Crippen LogP contribution is -2.33. The summed E-state index contributed by atoms with van der Waals surface area (Å²) in [6, 6.07) is 8.42. The van der Waals surface area contributed by atoms with Crippen LogP contribution in [-0.2, 0) is 16.0 Å². The monoisotopic (exact) mass is 371 g/mol. The largest absolute Gasteiger partial charge is 0.362 e. The molecule has 1 saturated carbocycles. The fourth-order valence-corrected chi connectivity index (χ4v) is 5.07. The zero-order valence-corrected chi connectivity index (χ0v) is 15.8. The molecule has 0 radical (unpaired) electrons. The Hall–Kier alpha value is -1.82. The summed E-state index contributed by atoms with van der Waals surface area (Å²) in [6.45, 7) is 0.706. The summed E-state index contributed by atoms with van der Waals surface area (Å²) in [5, 5.41) is 3.77. The van der Waals surface area contributed by atoms with E-state index >= 15 is 0 Å². The first-order valence-corrected chi connectivity index (χ1v) is 10.5. The van der Waals surface area contributed by atoms with Crippen LogP contribution in [0.15, 0.2) is 29.3 Å². The Morgan fingerprint density at radius 2 is 1.96 bits per heavy atom. The number of carbonyl (C=O) groups excluding carboxylic acids is 2. The van der Waals surface area contributed by atoms with E-state index in [1.165, 1.54) is 43.0 Å². The number of rotatable bonds is 3. The number of nitrogens with one attached hydrogen (secondary N) is 1. The molecule has 6 heteroatoms. The molecule has 0 saturated heterocycles. The molecule has 0 bridgehead atoms. The lowest BCUT2D eigenvalue weighted by atomic mass is 10.1. The molecule has 1 aromatic rings. The van der Waals surface area contributed by atoms with E-state index < -0.39 is 0 Å². The summed E-state index contributed by atoms with van der Waals surface area (Å²) in [5.74, 6) is -0.154. The average molecular weight is 372 g/mol. The maximum absolute atomic E-state index is 12.7. The summed E-state index contributed by atoms with van der Waals surface area (Å²) in [5.41, 5.74) is 2.20. The number of para-hydroxylation sites is 1. The van der Waals surface area contributed by atoms with Gasteiger partial charge in [0.25, 0.3) is 5.91 Å². The van der Waals surface area contributed by atoms with Gasteiger partial charge in [0, 0.05) is 24.7 Å².